The summed E-state index contributed by atoms with van der Waals surface area (Å²) in [6.45, 7) is 9.87. The topological polar surface area (TPSA) is 40.2 Å². The van der Waals surface area contributed by atoms with Crippen molar-refractivity contribution >= 4 is 6.29 Å². The van der Waals surface area contributed by atoms with Crippen molar-refractivity contribution < 1.29 is 10.0 Å². The standard InChI is InChI=1S/C21H38NO2/c1-6-7-8-9-10-11-12-13-14-15-16-18-19(17-23)21(4,5)22(24)20(18,2)3/h17H,6-16H2,1-5H3. The molecule has 0 unspecified atom stereocenters. The predicted octanol–water partition coefficient (Wildman–Crippen LogP) is 6.01. The van der Waals surface area contributed by atoms with E-state index in [9.17, 15) is 10.0 Å². The number of carbonyl (C=O) groups is 1. The zero-order valence-corrected chi connectivity index (χ0v) is 16.6. The van der Waals surface area contributed by atoms with E-state index in [1.54, 1.807) is 0 Å². The van der Waals surface area contributed by atoms with Crippen LogP contribution >= 0.6 is 0 Å². The molecule has 0 aromatic carbocycles. The second-order valence-corrected chi connectivity index (χ2v) is 8.35. The summed E-state index contributed by atoms with van der Waals surface area (Å²) in [6, 6.07) is 0. The first-order chi connectivity index (χ1) is 11.3. The molecule has 139 valence electrons. The Morgan fingerprint density at radius 2 is 1.25 bits per heavy atom. The van der Waals surface area contributed by atoms with Crippen LogP contribution in [0, 0.1) is 0 Å². The Morgan fingerprint density at radius 1 is 0.792 bits per heavy atom. The Labute approximate surface area is 149 Å². The van der Waals surface area contributed by atoms with Gasteiger partial charge in [0.2, 0.25) is 0 Å². The van der Waals surface area contributed by atoms with Crippen molar-refractivity contribution in [2.45, 2.75) is 116 Å². The molecule has 1 radical (unpaired) electrons. The number of nitrogens with zero attached hydrogens (tertiary/aromatic N) is 1. The molecule has 0 amide bonds. The lowest BCUT2D eigenvalue weighted by atomic mass is 9.87. The molecule has 24 heavy (non-hydrogen) atoms. The third-order valence-corrected chi connectivity index (χ3v) is 5.64. The zero-order chi connectivity index (χ0) is 18.2. The van der Waals surface area contributed by atoms with Gasteiger partial charge in [0.05, 0.1) is 11.1 Å². The Morgan fingerprint density at radius 3 is 1.71 bits per heavy atom. The number of hydrogen-bond acceptors (Lipinski definition) is 2. The summed E-state index contributed by atoms with van der Waals surface area (Å²) in [5.74, 6) is 0. The molecule has 0 bridgehead atoms. The lowest BCUT2D eigenvalue weighted by Gasteiger charge is -2.34. The third-order valence-electron chi connectivity index (χ3n) is 5.64. The van der Waals surface area contributed by atoms with E-state index in [-0.39, 0.29) is 0 Å². The molecule has 0 saturated carbocycles. The minimum absolute atomic E-state index is 0.557. The maximum Gasteiger partial charge on any atom is 0.147 e. The first-order valence-electron chi connectivity index (χ1n) is 9.96. The normalized spacial score (nSPS) is 19.9. The maximum absolute atomic E-state index is 12.5. The van der Waals surface area contributed by atoms with Gasteiger partial charge in [0.15, 0.2) is 0 Å². The van der Waals surface area contributed by atoms with Crippen LogP contribution in [0.1, 0.15) is 105 Å². The van der Waals surface area contributed by atoms with E-state index in [2.05, 4.69) is 6.92 Å². The highest BCUT2D eigenvalue weighted by molar-refractivity contribution is 5.80. The van der Waals surface area contributed by atoms with Crippen LogP contribution in [0.3, 0.4) is 0 Å². The molecule has 0 saturated heterocycles. The van der Waals surface area contributed by atoms with Crippen LogP contribution in [0.4, 0.5) is 0 Å². The molecular formula is C21H38NO2. The highest BCUT2D eigenvalue weighted by Crippen LogP contribution is 2.45. The fourth-order valence-corrected chi connectivity index (χ4v) is 4.07. The van der Waals surface area contributed by atoms with Crippen LogP contribution in [0.2, 0.25) is 0 Å². The average molecular weight is 337 g/mol. The van der Waals surface area contributed by atoms with Crippen molar-refractivity contribution in [1.82, 2.24) is 5.06 Å². The van der Waals surface area contributed by atoms with Crippen molar-refractivity contribution in [3.63, 3.8) is 0 Å². The van der Waals surface area contributed by atoms with E-state index >= 15 is 0 Å². The molecule has 0 atom stereocenters. The molecule has 3 heteroatoms. The van der Waals surface area contributed by atoms with E-state index in [0.717, 1.165) is 29.8 Å². The second-order valence-electron chi connectivity index (χ2n) is 8.35. The summed E-state index contributed by atoms with van der Waals surface area (Å²) < 4.78 is 0. The number of aldehydes is 1. The fourth-order valence-electron chi connectivity index (χ4n) is 4.07. The number of unbranched alkanes of at least 4 members (excludes halogenated alkanes) is 9. The van der Waals surface area contributed by atoms with Gasteiger partial charge in [0, 0.05) is 5.57 Å². The van der Waals surface area contributed by atoms with Gasteiger partial charge in [-0.2, -0.15) is 0 Å². The van der Waals surface area contributed by atoms with E-state index < -0.39 is 11.1 Å². The van der Waals surface area contributed by atoms with Crippen molar-refractivity contribution in [2.75, 3.05) is 0 Å². The van der Waals surface area contributed by atoms with Gasteiger partial charge in [-0.25, -0.2) is 0 Å². The average Bonchev–Trinajstić information content (AvgIpc) is 2.66. The molecule has 1 rings (SSSR count). The molecule has 0 N–H and O–H groups in total. The summed E-state index contributed by atoms with van der Waals surface area (Å²) in [5, 5.41) is 13.6. The summed E-state index contributed by atoms with van der Waals surface area (Å²) in [6.07, 6.45) is 14.8. The van der Waals surface area contributed by atoms with Gasteiger partial charge in [-0.3, -0.25) is 4.79 Å². The number of hydroxylamine groups is 2. The van der Waals surface area contributed by atoms with Crippen LogP contribution in [0.15, 0.2) is 11.1 Å². The van der Waals surface area contributed by atoms with Gasteiger partial charge in [-0.05, 0) is 46.1 Å². The van der Waals surface area contributed by atoms with Crippen LogP contribution in [0.5, 0.6) is 0 Å². The van der Waals surface area contributed by atoms with Gasteiger partial charge < -0.3 is 0 Å². The Hall–Kier alpha value is -0.670. The summed E-state index contributed by atoms with van der Waals surface area (Å²) in [4.78, 5) is 11.5. The van der Waals surface area contributed by atoms with Gasteiger partial charge in [-0.15, -0.1) is 10.3 Å². The summed E-state index contributed by atoms with van der Waals surface area (Å²) in [5.41, 5.74) is 0.508. The molecule has 0 fully saturated rings. The maximum atomic E-state index is 12.5. The Balaban J connectivity index is 2.32. The molecule has 3 nitrogen and oxygen atoms in total. The van der Waals surface area contributed by atoms with Crippen molar-refractivity contribution in [3.8, 4) is 0 Å². The SMILES string of the molecule is CCCCCCCCCCCCC1=C(C=O)C(C)(C)N([O])C1(C)C. The number of carbonyl (C=O) groups excluding carboxylic acids is 1. The van der Waals surface area contributed by atoms with Gasteiger partial charge in [0.25, 0.3) is 0 Å². The zero-order valence-electron chi connectivity index (χ0n) is 16.6. The summed E-state index contributed by atoms with van der Waals surface area (Å²) in [7, 11) is 0. The highest BCUT2D eigenvalue weighted by atomic mass is 16.5. The molecule has 0 spiro atoms. The van der Waals surface area contributed by atoms with Crippen LogP contribution in [-0.4, -0.2) is 22.4 Å². The highest BCUT2D eigenvalue weighted by Gasteiger charge is 2.51. The van der Waals surface area contributed by atoms with Crippen molar-refractivity contribution in [3.05, 3.63) is 11.1 Å². The molecule has 0 aromatic heterocycles. The Bertz CT molecular complexity index is 424. The van der Waals surface area contributed by atoms with E-state index in [1.807, 2.05) is 27.7 Å². The van der Waals surface area contributed by atoms with Gasteiger partial charge in [0.1, 0.15) is 6.29 Å². The van der Waals surface area contributed by atoms with Gasteiger partial charge in [-0.1, -0.05) is 64.7 Å². The number of rotatable bonds is 12. The number of hydrogen-bond donors (Lipinski definition) is 0. The fraction of sp³-hybridized carbons (Fsp3) is 0.857. The minimum atomic E-state index is -0.695. The minimum Gasteiger partial charge on any atom is -0.298 e. The smallest absolute Gasteiger partial charge is 0.147 e. The van der Waals surface area contributed by atoms with Crippen LogP contribution in [-0.2, 0) is 10.0 Å². The van der Waals surface area contributed by atoms with E-state index in [1.165, 1.54) is 57.8 Å². The van der Waals surface area contributed by atoms with Crippen LogP contribution in [0.25, 0.3) is 0 Å². The van der Waals surface area contributed by atoms with Crippen LogP contribution < -0.4 is 0 Å². The second kappa shape index (κ2) is 9.72. The molecule has 1 aliphatic rings. The quantitative estimate of drug-likeness (QED) is 0.323. The molecular weight excluding hydrogens is 298 g/mol. The largest absolute Gasteiger partial charge is 0.298 e. The molecule has 0 aromatic rings. The van der Waals surface area contributed by atoms with Crippen molar-refractivity contribution in [2.24, 2.45) is 0 Å². The van der Waals surface area contributed by atoms with E-state index in [4.69, 9.17) is 0 Å². The monoisotopic (exact) mass is 336 g/mol. The third kappa shape index (κ3) is 5.16. The van der Waals surface area contributed by atoms with E-state index in [0.29, 0.717) is 5.57 Å². The lowest BCUT2D eigenvalue weighted by molar-refractivity contribution is -0.240. The molecule has 1 heterocycles. The molecule has 1 aliphatic heterocycles. The Kier molecular flexibility index (Phi) is 8.66. The molecule has 0 aliphatic carbocycles. The summed E-state index contributed by atoms with van der Waals surface area (Å²) >= 11 is 0. The van der Waals surface area contributed by atoms with Crippen molar-refractivity contribution in [1.29, 1.82) is 0 Å². The lowest BCUT2D eigenvalue weighted by Crippen LogP contribution is -2.47. The predicted molar refractivity (Wildman–Crippen MR) is 100 cm³/mol. The van der Waals surface area contributed by atoms with Gasteiger partial charge >= 0.3 is 0 Å². The first kappa shape index (κ1) is 21.4. The first-order valence-corrected chi connectivity index (χ1v) is 9.96.